The first kappa shape index (κ1) is 11.7. The molecule has 1 aliphatic heterocycles. The molecule has 1 unspecified atom stereocenters. The lowest BCUT2D eigenvalue weighted by Gasteiger charge is -2.25. The highest BCUT2D eigenvalue weighted by atomic mass is 15.2. The van der Waals surface area contributed by atoms with Gasteiger partial charge in [0.1, 0.15) is 0 Å². The summed E-state index contributed by atoms with van der Waals surface area (Å²) in [4.78, 5) is 2.59. The maximum Gasteiger partial charge on any atom is 0.0281 e. The van der Waals surface area contributed by atoms with E-state index < -0.39 is 0 Å². The molecule has 0 bridgehead atoms. The molecule has 1 saturated heterocycles. The van der Waals surface area contributed by atoms with Gasteiger partial charge in [0.2, 0.25) is 0 Å². The Labute approximate surface area is 88.4 Å². The number of hydrogen-bond acceptors (Lipinski definition) is 2. The summed E-state index contributed by atoms with van der Waals surface area (Å²) in [6.07, 6.45) is 8.57. The molecule has 0 radical (unpaired) electrons. The van der Waals surface area contributed by atoms with E-state index in [1.54, 1.807) is 0 Å². The van der Waals surface area contributed by atoms with Crippen molar-refractivity contribution in [1.82, 2.24) is 10.2 Å². The second-order valence-electron chi connectivity index (χ2n) is 4.36. The monoisotopic (exact) mass is 196 g/mol. The summed E-state index contributed by atoms with van der Waals surface area (Å²) in [6.45, 7) is 6.95. The predicted octanol–water partition coefficient (Wildman–Crippen LogP) is 2.02. The lowest BCUT2D eigenvalue weighted by molar-refractivity contribution is 0.234. The molecule has 1 aliphatic rings. The molecule has 0 aromatic carbocycles. The topological polar surface area (TPSA) is 15.3 Å². The van der Waals surface area contributed by atoms with Gasteiger partial charge in [-0.05, 0) is 53.2 Å². The fourth-order valence-electron chi connectivity index (χ4n) is 2.14. The fourth-order valence-corrected chi connectivity index (χ4v) is 2.14. The molecule has 1 heterocycles. The van der Waals surface area contributed by atoms with Gasteiger partial charge in [0, 0.05) is 12.1 Å². The molecule has 0 aromatic heterocycles. The Kier molecular flexibility index (Phi) is 5.20. The molecular weight excluding hydrogens is 172 g/mol. The van der Waals surface area contributed by atoms with E-state index in [9.17, 15) is 0 Å². The number of nitrogens with one attached hydrogen (secondary N) is 1. The van der Waals surface area contributed by atoms with Crippen LogP contribution in [0.4, 0.5) is 0 Å². The van der Waals surface area contributed by atoms with E-state index in [4.69, 9.17) is 0 Å². The van der Waals surface area contributed by atoms with Gasteiger partial charge in [-0.3, -0.25) is 4.90 Å². The number of likely N-dealkylation sites (tertiary alicyclic amines) is 1. The van der Waals surface area contributed by atoms with Crippen molar-refractivity contribution < 1.29 is 0 Å². The van der Waals surface area contributed by atoms with Gasteiger partial charge in [0.05, 0.1) is 0 Å². The van der Waals surface area contributed by atoms with E-state index in [2.05, 4.69) is 36.2 Å². The van der Waals surface area contributed by atoms with Crippen molar-refractivity contribution in [3.63, 3.8) is 0 Å². The van der Waals surface area contributed by atoms with Crippen molar-refractivity contribution in [3.8, 4) is 0 Å². The standard InChI is InChI=1S/C12H24N2/c1-11(2)14-10-6-8-12(14)7-4-5-9-13-3/h4,7,11-13H,5-6,8-10H2,1-3H3/b7-4-. The second kappa shape index (κ2) is 6.20. The van der Waals surface area contributed by atoms with Crippen molar-refractivity contribution in [2.45, 2.75) is 45.2 Å². The number of rotatable bonds is 5. The van der Waals surface area contributed by atoms with E-state index in [1.807, 2.05) is 7.05 Å². The van der Waals surface area contributed by atoms with Crippen molar-refractivity contribution in [3.05, 3.63) is 12.2 Å². The molecule has 1 fully saturated rings. The molecule has 2 nitrogen and oxygen atoms in total. The minimum atomic E-state index is 0.691. The van der Waals surface area contributed by atoms with Gasteiger partial charge >= 0.3 is 0 Å². The third-order valence-corrected chi connectivity index (χ3v) is 2.92. The molecule has 0 saturated carbocycles. The average molecular weight is 196 g/mol. The third-order valence-electron chi connectivity index (χ3n) is 2.92. The molecule has 14 heavy (non-hydrogen) atoms. The van der Waals surface area contributed by atoms with E-state index in [-0.39, 0.29) is 0 Å². The van der Waals surface area contributed by atoms with Crippen LogP contribution in [0.25, 0.3) is 0 Å². The summed E-state index contributed by atoms with van der Waals surface area (Å²) >= 11 is 0. The quantitative estimate of drug-likeness (QED) is 0.534. The lowest BCUT2D eigenvalue weighted by Crippen LogP contribution is -2.34. The maximum absolute atomic E-state index is 3.16. The van der Waals surface area contributed by atoms with Crippen LogP contribution in [0.1, 0.15) is 33.1 Å². The highest BCUT2D eigenvalue weighted by molar-refractivity contribution is 4.98. The summed E-state index contributed by atoms with van der Waals surface area (Å²) in [5.74, 6) is 0. The number of hydrogen-bond donors (Lipinski definition) is 1. The Balaban J connectivity index is 2.31. The Morgan fingerprint density at radius 3 is 2.93 bits per heavy atom. The van der Waals surface area contributed by atoms with E-state index in [1.165, 1.54) is 19.4 Å². The zero-order valence-electron chi connectivity index (χ0n) is 9.79. The minimum Gasteiger partial charge on any atom is -0.319 e. The summed E-state index contributed by atoms with van der Waals surface area (Å²) in [5, 5.41) is 3.16. The Hall–Kier alpha value is -0.340. The molecule has 0 aliphatic carbocycles. The van der Waals surface area contributed by atoms with Crippen molar-refractivity contribution in [2.75, 3.05) is 20.1 Å². The van der Waals surface area contributed by atoms with Crippen molar-refractivity contribution >= 4 is 0 Å². The molecule has 1 N–H and O–H groups in total. The van der Waals surface area contributed by atoms with Gasteiger partial charge < -0.3 is 5.32 Å². The Morgan fingerprint density at radius 2 is 2.29 bits per heavy atom. The SMILES string of the molecule is CNCC/C=C\C1CCCN1C(C)C. The van der Waals surface area contributed by atoms with Crippen LogP contribution in [0.2, 0.25) is 0 Å². The molecule has 0 amide bonds. The summed E-state index contributed by atoms with van der Waals surface area (Å²) in [5.41, 5.74) is 0. The first-order valence-corrected chi connectivity index (χ1v) is 5.82. The van der Waals surface area contributed by atoms with Gasteiger partial charge in [-0.15, -0.1) is 0 Å². The van der Waals surface area contributed by atoms with Crippen LogP contribution in [0, 0.1) is 0 Å². The van der Waals surface area contributed by atoms with Crippen LogP contribution in [-0.4, -0.2) is 37.1 Å². The van der Waals surface area contributed by atoms with E-state index in [0.717, 1.165) is 13.0 Å². The van der Waals surface area contributed by atoms with Crippen LogP contribution >= 0.6 is 0 Å². The van der Waals surface area contributed by atoms with Gasteiger partial charge in [-0.2, -0.15) is 0 Å². The first-order valence-electron chi connectivity index (χ1n) is 5.82. The largest absolute Gasteiger partial charge is 0.319 e. The minimum absolute atomic E-state index is 0.691. The zero-order chi connectivity index (χ0) is 10.4. The highest BCUT2D eigenvalue weighted by Crippen LogP contribution is 2.20. The molecule has 0 spiro atoms. The van der Waals surface area contributed by atoms with Gasteiger partial charge in [0.15, 0.2) is 0 Å². The van der Waals surface area contributed by atoms with Gasteiger partial charge in [-0.1, -0.05) is 12.2 Å². The summed E-state index contributed by atoms with van der Waals surface area (Å²) < 4.78 is 0. The summed E-state index contributed by atoms with van der Waals surface area (Å²) in [6, 6.07) is 1.39. The van der Waals surface area contributed by atoms with Crippen molar-refractivity contribution in [2.24, 2.45) is 0 Å². The third kappa shape index (κ3) is 3.43. The molecule has 1 rings (SSSR count). The molecule has 1 atom stereocenters. The van der Waals surface area contributed by atoms with E-state index in [0.29, 0.717) is 12.1 Å². The maximum atomic E-state index is 3.16. The van der Waals surface area contributed by atoms with Crippen LogP contribution in [0.3, 0.4) is 0 Å². The van der Waals surface area contributed by atoms with Crippen LogP contribution in [-0.2, 0) is 0 Å². The van der Waals surface area contributed by atoms with Gasteiger partial charge in [0.25, 0.3) is 0 Å². The normalized spacial score (nSPS) is 24.1. The second-order valence-corrected chi connectivity index (χ2v) is 4.36. The first-order chi connectivity index (χ1) is 6.75. The van der Waals surface area contributed by atoms with Crippen LogP contribution < -0.4 is 5.32 Å². The van der Waals surface area contributed by atoms with Crippen LogP contribution in [0.5, 0.6) is 0 Å². The zero-order valence-corrected chi connectivity index (χ0v) is 9.79. The Bertz CT molecular complexity index is 175. The smallest absolute Gasteiger partial charge is 0.0281 e. The predicted molar refractivity (Wildman–Crippen MR) is 62.5 cm³/mol. The summed E-state index contributed by atoms with van der Waals surface area (Å²) in [7, 11) is 2.00. The fraction of sp³-hybridized carbons (Fsp3) is 0.833. The number of nitrogens with zero attached hydrogens (tertiary/aromatic N) is 1. The van der Waals surface area contributed by atoms with E-state index >= 15 is 0 Å². The Morgan fingerprint density at radius 1 is 1.50 bits per heavy atom. The highest BCUT2D eigenvalue weighted by Gasteiger charge is 2.23. The average Bonchev–Trinajstić information content (AvgIpc) is 2.60. The lowest BCUT2D eigenvalue weighted by atomic mass is 10.1. The molecule has 2 heteroatoms. The molecular formula is C12H24N2. The van der Waals surface area contributed by atoms with Crippen molar-refractivity contribution in [1.29, 1.82) is 0 Å². The molecule has 82 valence electrons. The molecule has 0 aromatic rings. The van der Waals surface area contributed by atoms with Crippen LogP contribution in [0.15, 0.2) is 12.2 Å². The van der Waals surface area contributed by atoms with Gasteiger partial charge in [-0.25, -0.2) is 0 Å².